The summed E-state index contributed by atoms with van der Waals surface area (Å²) in [5.41, 5.74) is 1.35. The first kappa shape index (κ1) is 12.6. The maximum atomic E-state index is 12.1. The summed E-state index contributed by atoms with van der Waals surface area (Å²) < 4.78 is 0. The highest BCUT2D eigenvalue weighted by Crippen LogP contribution is 2.21. The average Bonchev–Trinajstić information content (AvgIpc) is 2.83. The van der Waals surface area contributed by atoms with Gasteiger partial charge in [-0.05, 0) is 49.2 Å². The number of nitrogens with zero attached hydrogens (tertiary/aromatic N) is 1. The number of amides is 1. The van der Waals surface area contributed by atoms with E-state index in [1.165, 1.54) is 0 Å². The summed E-state index contributed by atoms with van der Waals surface area (Å²) in [6.07, 6.45) is 2.64. The highest BCUT2D eigenvalue weighted by atomic mass is 32.1. The van der Waals surface area contributed by atoms with Gasteiger partial charge in [0.15, 0.2) is 0 Å². The molecule has 17 heavy (non-hydrogen) atoms. The van der Waals surface area contributed by atoms with E-state index in [4.69, 9.17) is 0 Å². The van der Waals surface area contributed by atoms with Gasteiger partial charge in [-0.3, -0.25) is 4.79 Å². The number of carbonyl (C=O) groups excluding carboxylic acids is 1. The predicted octanol–water partition coefficient (Wildman–Crippen LogP) is 1.89. The Morgan fingerprint density at radius 2 is 2.24 bits per heavy atom. The molecule has 0 radical (unpaired) electrons. The van der Waals surface area contributed by atoms with Crippen LogP contribution in [-0.4, -0.2) is 36.5 Å². The highest BCUT2D eigenvalue weighted by molar-refractivity contribution is 7.07. The Morgan fingerprint density at radius 1 is 1.53 bits per heavy atom. The van der Waals surface area contributed by atoms with Crippen molar-refractivity contribution < 1.29 is 4.79 Å². The molecule has 1 N–H and O–H groups in total. The van der Waals surface area contributed by atoms with Gasteiger partial charge < -0.3 is 10.2 Å². The van der Waals surface area contributed by atoms with Gasteiger partial charge in [0.05, 0.1) is 6.42 Å². The van der Waals surface area contributed by atoms with E-state index in [9.17, 15) is 4.79 Å². The molecule has 0 unspecified atom stereocenters. The van der Waals surface area contributed by atoms with Crippen LogP contribution in [0, 0.1) is 0 Å². The lowest BCUT2D eigenvalue weighted by Crippen LogP contribution is -2.51. The fourth-order valence-corrected chi connectivity index (χ4v) is 2.85. The molecule has 2 rings (SSSR count). The van der Waals surface area contributed by atoms with Gasteiger partial charge in [-0.2, -0.15) is 11.3 Å². The SMILES string of the molecule is CNC1(C)CCN(C(=O)Cc2ccsc2)CC1. The number of piperidine rings is 1. The Balaban J connectivity index is 1.86. The molecule has 0 aromatic carbocycles. The zero-order valence-electron chi connectivity index (χ0n) is 10.5. The van der Waals surface area contributed by atoms with Gasteiger partial charge in [0.1, 0.15) is 0 Å². The highest BCUT2D eigenvalue weighted by Gasteiger charge is 2.30. The van der Waals surface area contributed by atoms with Crippen molar-refractivity contribution in [3.63, 3.8) is 0 Å². The van der Waals surface area contributed by atoms with E-state index in [-0.39, 0.29) is 11.4 Å². The first-order valence-electron chi connectivity index (χ1n) is 6.11. The third-order valence-corrected chi connectivity index (χ3v) is 4.49. The molecule has 1 aromatic heterocycles. The molecule has 0 spiro atoms. The maximum absolute atomic E-state index is 12.1. The topological polar surface area (TPSA) is 32.3 Å². The number of likely N-dealkylation sites (tertiary alicyclic amines) is 1. The van der Waals surface area contributed by atoms with Crippen molar-refractivity contribution in [3.8, 4) is 0 Å². The predicted molar refractivity (Wildman–Crippen MR) is 71.3 cm³/mol. The van der Waals surface area contributed by atoms with Crippen molar-refractivity contribution in [1.82, 2.24) is 10.2 Å². The van der Waals surface area contributed by atoms with Crippen LogP contribution in [0.4, 0.5) is 0 Å². The van der Waals surface area contributed by atoms with Crippen LogP contribution in [0.3, 0.4) is 0 Å². The number of rotatable bonds is 3. The largest absolute Gasteiger partial charge is 0.342 e. The first-order valence-corrected chi connectivity index (χ1v) is 7.05. The molecule has 1 fully saturated rings. The number of hydrogen-bond donors (Lipinski definition) is 1. The van der Waals surface area contributed by atoms with Crippen LogP contribution in [0.5, 0.6) is 0 Å². The summed E-state index contributed by atoms with van der Waals surface area (Å²) in [5.74, 6) is 0.265. The lowest BCUT2D eigenvalue weighted by molar-refractivity contribution is -0.132. The van der Waals surface area contributed by atoms with Crippen molar-refractivity contribution >= 4 is 17.2 Å². The Morgan fingerprint density at radius 3 is 2.76 bits per heavy atom. The van der Waals surface area contributed by atoms with Crippen molar-refractivity contribution in [2.45, 2.75) is 31.7 Å². The Bertz CT molecular complexity index is 367. The molecule has 0 bridgehead atoms. The normalized spacial score (nSPS) is 19.3. The van der Waals surface area contributed by atoms with Crippen LogP contribution in [0.1, 0.15) is 25.3 Å². The zero-order chi connectivity index (χ0) is 12.3. The van der Waals surface area contributed by atoms with Gasteiger partial charge in [-0.1, -0.05) is 0 Å². The van der Waals surface area contributed by atoms with E-state index < -0.39 is 0 Å². The Hall–Kier alpha value is -0.870. The molecule has 1 aliphatic rings. The van der Waals surface area contributed by atoms with E-state index in [2.05, 4.69) is 17.6 Å². The molecular weight excluding hydrogens is 232 g/mol. The third-order valence-electron chi connectivity index (χ3n) is 3.76. The molecule has 1 aliphatic heterocycles. The fraction of sp³-hybridized carbons (Fsp3) is 0.615. The third kappa shape index (κ3) is 3.07. The van der Waals surface area contributed by atoms with Crippen LogP contribution in [0.25, 0.3) is 0 Å². The summed E-state index contributed by atoms with van der Waals surface area (Å²) >= 11 is 1.65. The van der Waals surface area contributed by atoms with E-state index in [0.717, 1.165) is 31.5 Å². The van der Waals surface area contributed by atoms with Crippen LogP contribution in [-0.2, 0) is 11.2 Å². The molecule has 2 heterocycles. The van der Waals surface area contributed by atoms with E-state index in [0.29, 0.717) is 6.42 Å². The van der Waals surface area contributed by atoms with Gasteiger partial charge >= 0.3 is 0 Å². The maximum Gasteiger partial charge on any atom is 0.227 e. The minimum absolute atomic E-state index is 0.208. The number of carbonyl (C=O) groups is 1. The van der Waals surface area contributed by atoms with Gasteiger partial charge in [0.25, 0.3) is 0 Å². The van der Waals surface area contributed by atoms with Crippen molar-refractivity contribution in [1.29, 1.82) is 0 Å². The van der Waals surface area contributed by atoms with Gasteiger partial charge in [-0.15, -0.1) is 0 Å². The second kappa shape index (κ2) is 5.19. The molecular formula is C13H20N2OS. The second-order valence-electron chi connectivity index (χ2n) is 5.00. The molecule has 3 nitrogen and oxygen atoms in total. The summed E-state index contributed by atoms with van der Waals surface area (Å²) in [6, 6.07) is 2.03. The minimum atomic E-state index is 0.208. The Kier molecular flexibility index (Phi) is 3.84. The fourth-order valence-electron chi connectivity index (χ4n) is 2.18. The van der Waals surface area contributed by atoms with Crippen LogP contribution >= 0.6 is 11.3 Å². The van der Waals surface area contributed by atoms with Gasteiger partial charge in [0, 0.05) is 18.6 Å². The van der Waals surface area contributed by atoms with Crippen molar-refractivity contribution in [2.24, 2.45) is 0 Å². The van der Waals surface area contributed by atoms with Crippen LogP contribution in [0.15, 0.2) is 16.8 Å². The first-order chi connectivity index (χ1) is 8.13. The standard InChI is InChI=1S/C13H20N2OS/c1-13(14-2)4-6-15(7-5-13)12(16)9-11-3-8-17-10-11/h3,8,10,14H,4-7,9H2,1-2H3. The Labute approximate surface area is 107 Å². The smallest absolute Gasteiger partial charge is 0.227 e. The van der Waals surface area contributed by atoms with Gasteiger partial charge in [0.2, 0.25) is 5.91 Å². The molecule has 1 amide bonds. The number of nitrogens with one attached hydrogen (secondary N) is 1. The summed E-state index contributed by atoms with van der Waals surface area (Å²) in [6.45, 7) is 3.98. The van der Waals surface area contributed by atoms with Gasteiger partial charge in [-0.25, -0.2) is 0 Å². The quantitative estimate of drug-likeness (QED) is 0.891. The van der Waals surface area contributed by atoms with Crippen LogP contribution < -0.4 is 5.32 Å². The number of thiophene rings is 1. The van der Waals surface area contributed by atoms with Crippen molar-refractivity contribution in [2.75, 3.05) is 20.1 Å². The molecule has 94 valence electrons. The van der Waals surface area contributed by atoms with E-state index in [1.54, 1.807) is 11.3 Å². The second-order valence-corrected chi connectivity index (χ2v) is 5.78. The number of hydrogen-bond acceptors (Lipinski definition) is 3. The molecule has 4 heteroatoms. The zero-order valence-corrected chi connectivity index (χ0v) is 11.3. The van der Waals surface area contributed by atoms with E-state index >= 15 is 0 Å². The lowest BCUT2D eigenvalue weighted by atomic mass is 9.90. The molecule has 0 atom stereocenters. The van der Waals surface area contributed by atoms with Crippen molar-refractivity contribution in [3.05, 3.63) is 22.4 Å². The lowest BCUT2D eigenvalue weighted by Gasteiger charge is -2.39. The minimum Gasteiger partial charge on any atom is -0.342 e. The average molecular weight is 252 g/mol. The molecule has 1 aromatic rings. The molecule has 1 saturated heterocycles. The molecule has 0 saturated carbocycles. The summed E-state index contributed by atoms with van der Waals surface area (Å²) in [5, 5.41) is 7.43. The summed E-state index contributed by atoms with van der Waals surface area (Å²) in [7, 11) is 2.00. The monoisotopic (exact) mass is 252 g/mol. The molecule has 0 aliphatic carbocycles. The van der Waals surface area contributed by atoms with Crippen LogP contribution in [0.2, 0.25) is 0 Å². The summed E-state index contributed by atoms with van der Waals surface area (Å²) in [4.78, 5) is 14.1. The van der Waals surface area contributed by atoms with E-state index in [1.807, 2.05) is 23.4 Å².